The number of sulfonamides is 1. The molecule has 0 aliphatic rings. The van der Waals surface area contributed by atoms with Gasteiger partial charge in [-0.25, -0.2) is 13.8 Å². The van der Waals surface area contributed by atoms with E-state index in [2.05, 4.69) is 26.5 Å². The van der Waals surface area contributed by atoms with E-state index in [1.165, 1.54) is 0 Å². The van der Waals surface area contributed by atoms with Gasteiger partial charge in [-0.15, -0.1) is 0 Å². The van der Waals surface area contributed by atoms with E-state index in [9.17, 15) is 26.4 Å². The Labute approximate surface area is 184 Å². The molecule has 6 nitrogen and oxygen atoms in total. The highest BCUT2D eigenvalue weighted by Crippen LogP contribution is 2.36. The molecule has 0 spiro atoms. The van der Waals surface area contributed by atoms with Crippen LogP contribution in [0.5, 0.6) is 0 Å². The third-order valence-electron chi connectivity index (χ3n) is 3.82. The number of hydrazone groups is 1. The molecule has 0 saturated heterocycles. The molecule has 0 aliphatic heterocycles. The first-order valence-electron chi connectivity index (χ1n) is 8.22. The summed E-state index contributed by atoms with van der Waals surface area (Å²) in [5, 5.41) is 3.65. The van der Waals surface area contributed by atoms with Crippen molar-refractivity contribution < 1.29 is 26.4 Å². The largest absolute Gasteiger partial charge is 0.416 e. The van der Waals surface area contributed by atoms with Gasteiger partial charge in [0.1, 0.15) is 6.54 Å². The maximum atomic E-state index is 13.0. The summed E-state index contributed by atoms with van der Waals surface area (Å²) in [5.41, 5.74) is 1.78. The first-order valence-corrected chi connectivity index (χ1v) is 11.2. The number of nitrogens with zero attached hydrogens (tertiary/aromatic N) is 2. The second kappa shape index (κ2) is 9.36. The van der Waals surface area contributed by atoms with Crippen LogP contribution in [-0.2, 0) is 21.0 Å². The normalized spacial score (nSPS) is 12.6. The molecule has 2 rings (SSSR count). The van der Waals surface area contributed by atoms with Gasteiger partial charge in [0.25, 0.3) is 5.91 Å². The lowest BCUT2D eigenvalue weighted by Crippen LogP contribution is -2.39. The maximum absolute atomic E-state index is 13.0. The Kier molecular flexibility index (Phi) is 7.54. The molecule has 1 amide bonds. The lowest BCUT2D eigenvalue weighted by molar-refractivity contribution is -0.137. The lowest BCUT2D eigenvalue weighted by atomic mass is 10.1. The van der Waals surface area contributed by atoms with Gasteiger partial charge in [0, 0.05) is 4.47 Å². The van der Waals surface area contributed by atoms with Gasteiger partial charge in [-0.2, -0.15) is 18.3 Å². The van der Waals surface area contributed by atoms with Crippen LogP contribution in [0.1, 0.15) is 18.1 Å². The van der Waals surface area contributed by atoms with Crippen LogP contribution in [0.3, 0.4) is 0 Å². The molecule has 0 aromatic heterocycles. The van der Waals surface area contributed by atoms with Crippen LogP contribution in [0, 0.1) is 0 Å². The Bertz CT molecular complexity index is 1090. The number of alkyl halides is 3. The predicted molar refractivity (Wildman–Crippen MR) is 113 cm³/mol. The van der Waals surface area contributed by atoms with Crippen molar-refractivity contribution in [3.05, 3.63) is 63.1 Å². The average Bonchev–Trinajstić information content (AvgIpc) is 2.63. The first kappa shape index (κ1) is 24.2. The predicted octanol–water partition coefficient (Wildman–Crippen LogP) is 4.43. The minimum absolute atomic E-state index is 0.255. The summed E-state index contributed by atoms with van der Waals surface area (Å²) >= 11 is 9.22. The number of nitrogens with one attached hydrogen (secondary N) is 1. The van der Waals surface area contributed by atoms with Gasteiger partial charge in [0.05, 0.1) is 28.2 Å². The van der Waals surface area contributed by atoms with E-state index in [0.717, 1.165) is 22.9 Å². The summed E-state index contributed by atoms with van der Waals surface area (Å²) in [4.78, 5) is 12.3. The zero-order valence-electron chi connectivity index (χ0n) is 15.7. The Balaban J connectivity index is 2.28. The molecule has 0 atom stereocenters. The van der Waals surface area contributed by atoms with Crippen LogP contribution >= 0.6 is 27.5 Å². The van der Waals surface area contributed by atoms with Crippen LogP contribution in [0.15, 0.2) is 52.0 Å². The number of carbonyl (C=O) groups is 1. The van der Waals surface area contributed by atoms with Gasteiger partial charge in [-0.05, 0) is 42.8 Å². The molecule has 1 N–H and O–H groups in total. The van der Waals surface area contributed by atoms with Crippen LogP contribution in [0.2, 0.25) is 5.02 Å². The van der Waals surface area contributed by atoms with Crippen LogP contribution in [0.4, 0.5) is 18.9 Å². The molecule has 2 aromatic rings. The molecule has 0 bridgehead atoms. The van der Waals surface area contributed by atoms with E-state index >= 15 is 0 Å². The molecule has 162 valence electrons. The van der Waals surface area contributed by atoms with Crippen LogP contribution in [-0.4, -0.2) is 32.8 Å². The van der Waals surface area contributed by atoms with Gasteiger partial charge in [0.15, 0.2) is 0 Å². The Morgan fingerprint density at radius 2 is 1.90 bits per heavy atom. The highest BCUT2D eigenvalue weighted by atomic mass is 79.9. The molecule has 0 unspecified atom stereocenters. The second-order valence-electron chi connectivity index (χ2n) is 6.18. The fourth-order valence-corrected chi connectivity index (χ4v) is 3.88. The number of amides is 1. The lowest BCUT2D eigenvalue weighted by Gasteiger charge is -2.23. The van der Waals surface area contributed by atoms with Crippen LogP contribution in [0.25, 0.3) is 0 Å². The maximum Gasteiger partial charge on any atom is 0.416 e. The standard InChI is InChI=1S/C18H16BrClF3N3O3S/c1-11(12-4-3-5-14(19)8-12)24-25-17(27)10-26(30(2,28)29)16-9-13(18(21,22)23)6-7-15(16)20/h3-9H,10H2,1-2H3,(H,25,27). The van der Waals surface area contributed by atoms with E-state index in [-0.39, 0.29) is 5.02 Å². The molecule has 12 heteroatoms. The zero-order valence-corrected chi connectivity index (χ0v) is 18.8. The summed E-state index contributed by atoms with van der Waals surface area (Å²) in [5.74, 6) is -0.858. The van der Waals surface area contributed by atoms with Crippen molar-refractivity contribution in [3.63, 3.8) is 0 Å². The van der Waals surface area contributed by atoms with E-state index < -0.39 is 39.9 Å². The van der Waals surface area contributed by atoms with Crippen molar-refractivity contribution in [1.29, 1.82) is 0 Å². The van der Waals surface area contributed by atoms with Crippen molar-refractivity contribution in [2.45, 2.75) is 13.1 Å². The highest BCUT2D eigenvalue weighted by molar-refractivity contribution is 9.10. The number of rotatable bonds is 6. The topological polar surface area (TPSA) is 78.8 Å². The van der Waals surface area contributed by atoms with Gasteiger partial charge >= 0.3 is 6.18 Å². The smallest absolute Gasteiger partial charge is 0.271 e. The van der Waals surface area contributed by atoms with Gasteiger partial charge in [-0.3, -0.25) is 9.10 Å². The van der Waals surface area contributed by atoms with E-state index in [1.807, 2.05) is 0 Å². The number of hydrogen-bond donors (Lipinski definition) is 1. The number of benzene rings is 2. The van der Waals surface area contributed by atoms with Crippen molar-refractivity contribution in [1.82, 2.24) is 5.43 Å². The minimum Gasteiger partial charge on any atom is -0.271 e. The van der Waals surface area contributed by atoms with Crippen molar-refractivity contribution in [2.24, 2.45) is 5.10 Å². The minimum atomic E-state index is -4.71. The first-order chi connectivity index (χ1) is 13.8. The summed E-state index contributed by atoms with van der Waals surface area (Å²) in [6, 6.07) is 9.30. The number of carbonyl (C=O) groups excluding carboxylic acids is 1. The Morgan fingerprint density at radius 3 is 2.47 bits per heavy atom. The van der Waals surface area contributed by atoms with Gasteiger partial charge < -0.3 is 0 Å². The van der Waals surface area contributed by atoms with E-state index in [1.54, 1.807) is 31.2 Å². The van der Waals surface area contributed by atoms with Gasteiger partial charge in [-0.1, -0.05) is 39.7 Å². The number of hydrogen-bond acceptors (Lipinski definition) is 4. The molecule has 0 heterocycles. The molecule has 0 saturated carbocycles. The molecule has 0 fully saturated rings. The molecular formula is C18H16BrClF3N3O3S. The summed E-state index contributed by atoms with van der Waals surface area (Å²) in [7, 11) is -4.13. The summed E-state index contributed by atoms with van der Waals surface area (Å²) < 4.78 is 64.6. The van der Waals surface area contributed by atoms with E-state index in [4.69, 9.17) is 11.6 Å². The van der Waals surface area contributed by atoms with Crippen molar-refractivity contribution >= 4 is 54.9 Å². The number of halogens is 5. The molecule has 0 aliphatic carbocycles. The van der Waals surface area contributed by atoms with Gasteiger partial charge in [0.2, 0.25) is 10.0 Å². The Morgan fingerprint density at radius 1 is 1.23 bits per heavy atom. The van der Waals surface area contributed by atoms with Crippen molar-refractivity contribution in [2.75, 3.05) is 17.1 Å². The zero-order chi connectivity index (χ0) is 22.7. The van der Waals surface area contributed by atoms with E-state index in [0.29, 0.717) is 21.6 Å². The summed E-state index contributed by atoms with van der Waals surface area (Å²) in [6.45, 7) is 0.815. The molecule has 0 radical (unpaired) electrons. The molecule has 2 aromatic carbocycles. The highest BCUT2D eigenvalue weighted by Gasteiger charge is 2.33. The quantitative estimate of drug-likeness (QED) is 0.447. The average molecular weight is 527 g/mol. The monoisotopic (exact) mass is 525 g/mol. The molecular weight excluding hydrogens is 511 g/mol. The van der Waals surface area contributed by atoms with Crippen molar-refractivity contribution in [3.8, 4) is 0 Å². The third-order valence-corrected chi connectivity index (χ3v) is 5.76. The fraction of sp³-hybridized carbons (Fsp3) is 0.222. The fourth-order valence-electron chi connectivity index (χ4n) is 2.35. The summed E-state index contributed by atoms with van der Waals surface area (Å²) in [6.07, 6.45) is -3.96. The number of anilines is 1. The second-order valence-corrected chi connectivity index (χ2v) is 9.41. The molecule has 30 heavy (non-hydrogen) atoms. The third kappa shape index (κ3) is 6.44. The van der Waals surface area contributed by atoms with Crippen LogP contribution < -0.4 is 9.73 Å². The SMILES string of the molecule is CC(=NNC(=O)CN(c1cc(C(F)(F)F)ccc1Cl)S(C)(=O)=O)c1cccc(Br)c1. The Hall–Kier alpha value is -2.11.